The Labute approximate surface area is 133 Å². The largest absolute Gasteiger partial charge is 0.325 e. The molecule has 0 spiro atoms. The maximum Gasteiger partial charge on any atom is 0.234 e. The fraction of sp³-hybridized carbons (Fsp3) is 0.167. The highest BCUT2D eigenvalue weighted by Gasteiger charge is 2.12. The lowest BCUT2D eigenvalue weighted by atomic mass is 10.1. The summed E-state index contributed by atoms with van der Waals surface area (Å²) in [5.41, 5.74) is 1.35. The summed E-state index contributed by atoms with van der Waals surface area (Å²) in [6.07, 6.45) is 0. The zero-order valence-electron chi connectivity index (χ0n) is 11.5. The topological polar surface area (TPSA) is 109 Å². The molecule has 2 aromatic heterocycles. The van der Waals surface area contributed by atoms with Crippen molar-refractivity contribution in [2.75, 3.05) is 11.1 Å². The zero-order chi connectivity index (χ0) is 15.4. The summed E-state index contributed by atoms with van der Waals surface area (Å²) in [5, 5.41) is 25.4. The summed E-state index contributed by atoms with van der Waals surface area (Å²) < 4.78 is 0.777. The van der Waals surface area contributed by atoms with Crippen molar-refractivity contribution in [2.24, 2.45) is 0 Å². The molecule has 0 fully saturated rings. The van der Waals surface area contributed by atoms with Crippen LogP contribution < -0.4 is 5.32 Å². The van der Waals surface area contributed by atoms with E-state index in [0.717, 1.165) is 9.35 Å². The van der Waals surface area contributed by atoms with Gasteiger partial charge < -0.3 is 5.32 Å². The Kier molecular flexibility index (Phi) is 4.39. The molecule has 0 aliphatic carbocycles. The van der Waals surface area contributed by atoms with Gasteiger partial charge in [-0.2, -0.15) is 5.21 Å². The molecular weight excluding hydrogens is 322 g/mol. The molecule has 2 N–H and O–H groups in total. The SMILES string of the molecule is Cc1nnc(SCC(=O)Nc2ccccc2-c2nn[nH]n2)s1. The third-order valence-corrected chi connectivity index (χ3v) is 4.59. The number of aromatic amines is 1. The number of carbonyl (C=O) groups is 1. The number of aromatic nitrogens is 6. The van der Waals surface area contributed by atoms with Crippen LogP contribution in [0, 0.1) is 6.92 Å². The second kappa shape index (κ2) is 6.62. The molecule has 0 atom stereocenters. The van der Waals surface area contributed by atoms with Crippen molar-refractivity contribution in [3.8, 4) is 11.4 Å². The summed E-state index contributed by atoms with van der Waals surface area (Å²) in [7, 11) is 0. The molecule has 3 aromatic rings. The molecule has 2 heterocycles. The number of rotatable bonds is 5. The third kappa shape index (κ3) is 3.46. The van der Waals surface area contributed by atoms with E-state index in [-0.39, 0.29) is 11.7 Å². The van der Waals surface area contributed by atoms with Crippen molar-refractivity contribution < 1.29 is 4.79 Å². The molecule has 0 aliphatic heterocycles. The number of benzene rings is 1. The summed E-state index contributed by atoms with van der Waals surface area (Å²) in [5.74, 6) is 0.562. The van der Waals surface area contributed by atoms with E-state index in [1.165, 1.54) is 23.1 Å². The number of tetrazole rings is 1. The van der Waals surface area contributed by atoms with Crippen LogP contribution in [0.1, 0.15) is 5.01 Å². The van der Waals surface area contributed by atoms with Crippen molar-refractivity contribution in [3.05, 3.63) is 29.3 Å². The van der Waals surface area contributed by atoms with E-state index in [1.54, 1.807) is 6.07 Å². The molecule has 3 rings (SSSR count). The lowest BCUT2D eigenvalue weighted by molar-refractivity contribution is -0.113. The number of hydrogen-bond donors (Lipinski definition) is 2. The quantitative estimate of drug-likeness (QED) is 0.685. The van der Waals surface area contributed by atoms with Crippen LogP contribution in [0.5, 0.6) is 0 Å². The highest BCUT2D eigenvalue weighted by molar-refractivity contribution is 8.01. The zero-order valence-corrected chi connectivity index (χ0v) is 13.1. The summed E-state index contributed by atoms with van der Waals surface area (Å²) in [4.78, 5) is 12.1. The Morgan fingerprint density at radius 3 is 2.91 bits per heavy atom. The first kappa shape index (κ1) is 14.6. The Morgan fingerprint density at radius 2 is 2.18 bits per heavy atom. The molecule has 0 aliphatic rings. The molecule has 0 unspecified atom stereocenters. The fourth-order valence-electron chi connectivity index (χ4n) is 1.71. The van der Waals surface area contributed by atoms with Crippen molar-refractivity contribution >= 4 is 34.7 Å². The number of carbonyl (C=O) groups excluding carboxylic acids is 1. The van der Waals surface area contributed by atoms with Crippen LogP contribution in [0.4, 0.5) is 5.69 Å². The van der Waals surface area contributed by atoms with Gasteiger partial charge in [0.1, 0.15) is 5.01 Å². The first-order valence-corrected chi connectivity index (χ1v) is 8.08. The second-order valence-electron chi connectivity index (χ2n) is 4.20. The number of anilines is 1. The van der Waals surface area contributed by atoms with Crippen molar-refractivity contribution in [1.29, 1.82) is 0 Å². The minimum atomic E-state index is -0.131. The number of hydrogen-bond acceptors (Lipinski definition) is 8. The highest BCUT2D eigenvalue weighted by atomic mass is 32.2. The minimum Gasteiger partial charge on any atom is -0.325 e. The van der Waals surface area contributed by atoms with E-state index in [2.05, 4.69) is 36.1 Å². The molecule has 10 heteroatoms. The number of amides is 1. The molecule has 0 bridgehead atoms. The Morgan fingerprint density at radius 1 is 1.32 bits per heavy atom. The van der Waals surface area contributed by atoms with Crippen LogP contribution >= 0.6 is 23.1 Å². The van der Waals surface area contributed by atoms with Gasteiger partial charge in [0.25, 0.3) is 0 Å². The van der Waals surface area contributed by atoms with Crippen LogP contribution in [-0.4, -0.2) is 42.5 Å². The van der Waals surface area contributed by atoms with E-state index in [0.29, 0.717) is 17.1 Å². The van der Waals surface area contributed by atoms with Gasteiger partial charge >= 0.3 is 0 Å². The molecule has 22 heavy (non-hydrogen) atoms. The van der Waals surface area contributed by atoms with Gasteiger partial charge in [-0.25, -0.2) is 0 Å². The number of thioether (sulfide) groups is 1. The average molecular weight is 333 g/mol. The molecule has 1 amide bonds. The normalized spacial score (nSPS) is 10.6. The molecule has 0 saturated carbocycles. The van der Waals surface area contributed by atoms with Crippen molar-refractivity contribution in [3.63, 3.8) is 0 Å². The van der Waals surface area contributed by atoms with Gasteiger partial charge in [0.15, 0.2) is 4.34 Å². The fourth-order valence-corrected chi connectivity index (χ4v) is 3.33. The molecule has 8 nitrogen and oxygen atoms in total. The lowest BCUT2D eigenvalue weighted by Crippen LogP contribution is -2.14. The van der Waals surface area contributed by atoms with Gasteiger partial charge in [-0.15, -0.1) is 20.4 Å². The lowest BCUT2D eigenvalue weighted by Gasteiger charge is -2.07. The number of para-hydroxylation sites is 1. The van der Waals surface area contributed by atoms with Gasteiger partial charge in [-0.1, -0.05) is 35.2 Å². The Hall–Kier alpha value is -2.33. The standard InChI is InChI=1S/C12H11N7OS2/c1-7-14-17-12(22-7)21-6-10(20)13-9-5-3-2-4-8(9)11-15-18-19-16-11/h2-5H,6H2,1H3,(H,13,20)(H,15,16,18,19). The van der Waals surface area contributed by atoms with Crippen LogP contribution in [0.25, 0.3) is 11.4 Å². The van der Waals surface area contributed by atoms with E-state index in [1.807, 2.05) is 25.1 Å². The highest BCUT2D eigenvalue weighted by Crippen LogP contribution is 2.25. The maximum absolute atomic E-state index is 12.1. The minimum absolute atomic E-state index is 0.131. The number of aryl methyl sites for hydroxylation is 1. The van der Waals surface area contributed by atoms with E-state index < -0.39 is 0 Å². The molecule has 112 valence electrons. The molecule has 0 radical (unpaired) electrons. The maximum atomic E-state index is 12.1. The van der Waals surface area contributed by atoms with E-state index >= 15 is 0 Å². The van der Waals surface area contributed by atoms with Crippen LogP contribution in [0.15, 0.2) is 28.6 Å². The second-order valence-corrected chi connectivity index (χ2v) is 6.61. The van der Waals surface area contributed by atoms with Gasteiger partial charge in [0.2, 0.25) is 11.7 Å². The number of nitrogens with zero attached hydrogens (tertiary/aromatic N) is 5. The Balaban J connectivity index is 1.67. The van der Waals surface area contributed by atoms with Gasteiger partial charge in [-0.3, -0.25) is 4.79 Å². The first-order chi connectivity index (χ1) is 10.7. The molecule has 0 saturated heterocycles. The monoisotopic (exact) mass is 333 g/mol. The molecule has 1 aromatic carbocycles. The van der Waals surface area contributed by atoms with Crippen LogP contribution in [-0.2, 0) is 4.79 Å². The van der Waals surface area contributed by atoms with Crippen molar-refractivity contribution in [1.82, 2.24) is 30.8 Å². The predicted molar refractivity (Wildman–Crippen MR) is 83.6 cm³/mol. The predicted octanol–water partition coefficient (Wildman–Crippen LogP) is 1.76. The average Bonchev–Trinajstić information content (AvgIpc) is 3.17. The molecular formula is C12H11N7OS2. The van der Waals surface area contributed by atoms with Crippen molar-refractivity contribution in [2.45, 2.75) is 11.3 Å². The summed E-state index contributed by atoms with van der Waals surface area (Å²) >= 11 is 2.82. The smallest absolute Gasteiger partial charge is 0.234 e. The van der Waals surface area contributed by atoms with Gasteiger partial charge in [-0.05, 0) is 24.3 Å². The van der Waals surface area contributed by atoms with Crippen LogP contribution in [0.3, 0.4) is 0 Å². The number of H-pyrrole nitrogens is 1. The van der Waals surface area contributed by atoms with Gasteiger partial charge in [0, 0.05) is 5.56 Å². The summed E-state index contributed by atoms with van der Waals surface area (Å²) in [6.45, 7) is 1.88. The van der Waals surface area contributed by atoms with E-state index in [4.69, 9.17) is 0 Å². The first-order valence-electron chi connectivity index (χ1n) is 6.28. The number of nitrogens with one attached hydrogen (secondary N) is 2. The third-order valence-electron chi connectivity index (χ3n) is 2.62. The van der Waals surface area contributed by atoms with Crippen LogP contribution in [0.2, 0.25) is 0 Å². The van der Waals surface area contributed by atoms with E-state index in [9.17, 15) is 4.79 Å². The Bertz CT molecular complexity index is 771. The van der Waals surface area contributed by atoms with Gasteiger partial charge in [0.05, 0.1) is 11.4 Å². The summed E-state index contributed by atoms with van der Waals surface area (Å²) in [6, 6.07) is 7.30.